The van der Waals surface area contributed by atoms with E-state index in [1.54, 1.807) is 11.4 Å². The van der Waals surface area contributed by atoms with Crippen molar-refractivity contribution < 1.29 is 4.79 Å². The number of imidazole rings is 1. The zero-order valence-corrected chi connectivity index (χ0v) is 12.5. The third-order valence-electron chi connectivity index (χ3n) is 2.92. The van der Waals surface area contributed by atoms with E-state index >= 15 is 0 Å². The highest BCUT2D eigenvalue weighted by molar-refractivity contribution is 9.11. The van der Waals surface area contributed by atoms with E-state index in [2.05, 4.69) is 25.9 Å². The lowest BCUT2D eigenvalue weighted by Gasteiger charge is -2.02. The van der Waals surface area contributed by atoms with E-state index in [1.807, 2.05) is 30.3 Å². The summed E-state index contributed by atoms with van der Waals surface area (Å²) < 4.78 is 0.863. The topological polar surface area (TPSA) is 69.5 Å². The number of thiophene rings is 1. The predicted molar refractivity (Wildman–Crippen MR) is 80.8 cm³/mol. The maximum absolute atomic E-state index is 12.4. The summed E-state index contributed by atoms with van der Waals surface area (Å²) in [5.74, 6) is -0.765. The number of rotatable bonds is 3. The molecule has 3 aromatic rings. The minimum absolute atomic E-state index is 0.242. The summed E-state index contributed by atoms with van der Waals surface area (Å²) in [7, 11) is 0. The van der Waals surface area contributed by atoms with Gasteiger partial charge in [-0.15, -0.1) is 11.3 Å². The first-order valence-corrected chi connectivity index (χ1v) is 7.49. The average molecular weight is 346 g/mol. The molecule has 0 unspecified atom stereocenters. The van der Waals surface area contributed by atoms with Crippen molar-refractivity contribution in [3.63, 3.8) is 0 Å². The number of benzene rings is 1. The quantitative estimate of drug-likeness (QED) is 0.732. The molecule has 0 fully saturated rings. The highest BCUT2D eigenvalue weighted by atomic mass is 79.9. The number of fused-ring (bicyclic) bond motifs is 1. The van der Waals surface area contributed by atoms with Crippen molar-refractivity contribution in [2.75, 3.05) is 0 Å². The number of carbonyl (C=O) groups excluding carboxylic acids is 1. The van der Waals surface area contributed by atoms with Crippen LogP contribution in [0.25, 0.3) is 11.0 Å². The van der Waals surface area contributed by atoms with Crippen LogP contribution in [0.2, 0.25) is 0 Å². The number of carbonyl (C=O) groups is 1. The van der Waals surface area contributed by atoms with E-state index in [0.717, 1.165) is 14.8 Å². The van der Waals surface area contributed by atoms with Gasteiger partial charge in [-0.3, -0.25) is 4.79 Å². The van der Waals surface area contributed by atoms with Gasteiger partial charge >= 0.3 is 0 Å². The number of ketones is 1. The second-order valence-electron chi connectivity index (χ2n) is 4.21. The minimum Gasteiger partial charge on any atom is -0.340 e. The van der Waals surface area contributed by atoms with Gasteiger partial charge in [0.15, 0.2) is 11.7 Å². The second kappa shape index (κ2) is 5.19. The molecule has 0 radical (unpaired) electrons. The summed E-state index contributed by atoms with van der Waals surface area (Å²) in [5.41, 5.74) is 2.10. The summed E-state index contributed by atoms with van der Waals surface area (Å²) in [6.07, 6.45) is 0. The van der Waals surface area contributed by atoms with Crippen molar-refractivity contribution in [2.24, 2.45) is 0 Å². The fourth-order valence-electron chi connectivity index (χ4n) is 1.96. The number of para-hydroxylation sites is 2. The molecule has 3 rings (SSSR count). The molecule has 4 nitrogen and oxygen atoms in total. The Morgan fingerprint density at radius 3 is 2.90 bits per heavy atom. The van der Waals surface area contributed by atoms with Gasteiger partial charge in [-0.2, -0.15) is 5.26 Å². The van der Waals surface area contributed by atoms with E-state index in [4.69, 9.17) is 0 Å². The Hall–Kier alpha value is -1.97. The number of nitriles is 1. The van der Waals surface area contributed by atoms with Crippen molar-refractivity contribution in [3.8, 4) is 6.07 Å². The Bertz CT molecular complexity index is 797. The first kappa shape index (κ1) is 13.0. The van der Waals surface area contributed by atoms with Gasteiger partial charge in [0.25, 0.3) is 0 Å². The van der Waals surface area contributed by atoms with Crippen LogP contribution >= 0.6 is 27.3 Å². The molecule has 1 N–H and O–H groups in total. The number of aromatic nitrogens is 2. The standard InChI is InChI=1S/C14H8BrN3OS/c15-12-5-8(7-20-12)13(19)9(6-16)14-17-10-3-1-2-4-11(10)18-14/h1-5,7,9H,(H,17,18)/t9-/m1/s1. The molecule has 98 valence electrons. The highest BCUT2D eigenvalue weighted by Gasteiger charge is 2.25. The molecule has 6 heteroatoms. The lowest BCUT2D eigenvalue weighted by molar-refractivity contribution is 0.0977. The normalized spacial score (nSPS) is 12.2. The summed E-state index contributed by atoms with van der Waals surface area (Å²) in [6, 6.07) is 11.2. The molecule has 1 atom stereocenters. The molecular weight excluding hydrogens is 338 g/mol. The van der Waals surface area contributed by atoms with Gasteiger partial charge in [-0.1, -0.05) is 12.1 Å². The lowest BCUT2D eigenvalue weighted by atomic mass is 10.0. The molecular formula is C14H8BrN3OS. The Labute approximate surface area is 127 Å². The molecule has 2 aromatic heterocycles. The molecule has 0 bridgehead atoms. The number of halogens is 1. The first-order valence-electron chi connectivity index (χ1n) is 5.81. The van der Waals surface area contributed by atoms with Gasteiger partial charge in [-0.05, 0) is 34.1 Å². The zero-order valence-electron chi connectivity index (χ0n) is 10.1. The molecule has 0 aliphatic heterocycles. The summed E-state index contributed by atoms with van der Waals surface area (Å²) in [5, 5.41) is 11.0. The third kappa shape index (κ3) is 2.26. The molecule has 0 spiro atoms. The Morgan fingerprint density at radius 1 is 1.45 bits per heavy atom. The number of H-pyrrole nitrogens is 1. The van der Waals surface area contributed by atoms with Gasteiger partial charge in [0.2, 0.25) is 0 Å². The van der Waals surface area contributed by atoms with Crippen molar-refractivity contribution in [1.29, 1.82) is 5.26 Å². The van der Waals surface area contributed by atoms with E-state index < -0.39 is 5.92 Å². The van der Waals surface area contributed by atoms with Gasteiger partial charge in [0.05, 0.1) is 20.9 Å². The van der Waals surface area contributed by atoms with Crippen LogP contribution in [-0.2, 0) is 0 Å². The monoisotopic (exact) mass is 345 g/mol. The molecule has 2 heterocycles. The highest BCUT2D eigenvalue weighted by Crippen LogP contribution is 2.26. The zero-order chi connectivity index (χ0) is 14.1. The lowest BCUT2D eigenvalue weighted by Crippen LogP contribution is -2.11. The largest absolute Gasteiger partial charge is 0.340 e. The number of nitrogens with zero attached hydrogens (tertiary/aromatic N) is 2. The molecule has 1 aromatic carbocycles. The van der Waals surface area contributed by atoms with Crippen LogP contribution in [0, 0.1) is 11.3 Å². The van der Waals surface area contributed by atoms with Crippen LogP contribution < -0.4 is 0 Å². The second-order valence-corrected chi connectivity index (χ2v) is 6.50. The third-order valence-corrected chi connectivity index (χ3v) is 4.43. The Kier molecular flexibility index (Phi) is 3.38. The Balaban J connectivity index is 2.01. The smallest absolute Gasteiger partial charge is 0.188 e. The maximum atomic E-state index is 12.4. The van der Waals surface area contributed by atoms with Crippen LogP contribution in [0.3, 0.4) is 0 Å². The molecule has 0 saturated carbocycles. The summed E-state index contributed by atoms with van der Waals surface area (Å²) in [6.45, 7) is 0. The van der Waals surface area contributed by atoms with Crippen molar-refractivity contribution in [3.05, 3.63) is 50.9 Å². The fraction of sp³-hybridized carbons (Fsp3) is 0.0714. The van der Waals surface area contributed by atoms with Crippen LogP contribution in [0.15, 0.2) is 39.5 Å². The van der Waals surface area contributed by atoms with Gasteiger partial charge in [0.1, 0.15) is 5.82 Å². The molecule has 0 aliphatic carbocycles. The van der Waals surface area contributed by atoms with E-state index in [-0.39, 0.29) is 5.78 Å². The number of nitrogens with one attached hydrogen (secondary N) is 1. The minimum atomic E-state index is -0.913. The van der Waals surface area contributed by atoms with Crippen molar-refractivity contribution in [1.82, 2.24) is 9.97 Å². The van der Waals surface area contributed by atoms with Crippen molar-refractivity contribution in [2.45, 2.75) is 5.92 Å². The van der Waals surface area contributed by atoms with Gasteiger partial charge in [0, 0.05) is 10.9 Å². The molecule has 0 amide bonds. The van der Waals surface area contributed by atoms with E-state index in [0.29, 0.717) is 11.4 Å². The fourth-order valence-corrected chi connectivity index (χ4v) is 3.10. The van der Waals surface area contributed by atoms with Crippen LogP contribution in [-0.4, -0.2) is 15.8 Å². The molecule has 0 aliphatic rings. The number of aromatic amines is 1. The Morgan fingerprint density at radius 2 is 2.25 bits per heavy atom. The van der Waals surface area contributed by atoms with Crippen LogP contribution in [0.5, 0.6) is 0 Å². The van der Waals surface area contributed by atoms with E-state index in [9.17, 15) is 10.1 Å². The predicted octanol–water partition coefficient (Wildman–Crippen LogP) is 3.88. The SMILES string of the molecule is N#C[C@H](C(=O)c1csc(Br)c1)c1nc2ccccc2[nH]1. The van der Waals surface area contributed by atoms with E-state index in [1.165, 1.54) is 11.3 Å². The van der Waals surface area contributed by atoms with Crippen LogP contribution in [0.1, 0.15) is 22.1 Å². The molecule has 0 saturated heterocycles. The maximum Gasteiger partial charge on any atom is 0.188 e. The summed E-state index contributed by atoms with van der Waals surface area (Å²) >= 11 is 4.73. The first-order chi connectivity index (χ1) is 9.69. The summed E-state index contributed by atoms with van der Waals surface area (Å²) in [4.78, 5) is 19.7. The van der Waals surface area contributed by atoms with Crippen molar-refractivity contribution >= 4 is 44.1 Å². The number of hydrogen-bond donors (Lipinski definition) is 1. The number of hydrogen-bond acceptors (Lipinski definition) is 4. The molecule has 20 heavy (non-hydrogen) atoms. The van der Waals surface area contributed by atoms with Crippen LogP contribution in [0.4, 0.5) is 0 Å². The van der Waals surface area contributed by atoms with Gasteiger partial charge < -0.3 is 4.98 Å². The average Bonchev–Trinajstić information content (AvgIpc) is 3.05. The number of Topliss-reactive ketones (excluding diaryl/α,β-unsaturated/α-hetero) is 1. The van der Waals surface area contributed by atoms with Gasteiger partial charge in [-0.25, -0.2) is 4.98 Å².